The van der Waals surface area contributed by atoms with E-state index in [1.165, 1.54) is 0 Å². The molecule has 0 amide bonds. The van der Waals surface area contributed by atoms with Gasteiger partial charge < -0.3 is 10.2 Å². The lowest BCUT2D eigenvalue weighted by molar-refractivity contribution is 0.507. The summed E-state index contributed by atoms with van der Waals surface area (Å²) in [5, 5.41) is 14.1. The van der Waals surface area contributed by atoms with Crippen LogP contribution < -0.4 is 5.73 Å². The van der Waals surface area contributed by atoms with Crippen LogP contribution in [-0.2, 0) is 6.42 Å². The zero-order valence-corrected chi connectivity index (χ0v) is 6.90. The van der Waals surface area contributed by atoms with Gasteiger partial charge in [-0.25, -0.2) is 0 Å². The predicted molar refractivity (Wildman–Crippen MR) is 44.6 cm³/mol. The number of hydrogen-bond donors (Lipinski definition) is 2. The normalized spacial score (nSPS) is 10.5. The molecule has 0 aliphatic rings. The molecule has 0 spiro atoms. The van der Waals surface area contributed by atoms with Crippen LogP contribution in [0.5, 0.6) is 0 Å². The molecule has 6 nitrogen and oxygen atoms in total. The molecule has 2 heterocycles. The fourth-order valence-electron chi connectivity index (χ4n) is 0.963. The summed E-state index contributed by atoms with van der Waals surface area (Å²) >= 11 is 0. The van der Waals surface area contributed by atoms with Crippen molar-refractivity contribution in [3.05, 3.63) is 18.3 Å². The second-order valence-electron chi connectivity index (χ2n) is 2.53. The zero-order chi connectivity index (χ0) is 9.10. The van der Waals surface area contributed by atoms with Gasteiger partial charge in [-0.2, -0.15) is 5.10 Å². The second kappa shape index (κ2) is 3.36. The lowest BCUT2D eigenvalue weighted by Gasteiger charge is -1.86. The molecular formula is C7H9N5O. The molecule has 0 aliphatic heterocycles. The molecular weight excluding hydrogens is 170 g/mol. The third-order valence-corrected chi connectivity index (χ3v) is 1.57. The molecule has 3 N–H and O–H groups in total. The summed E-state index contributed by atoms with van der Waals surface area (Å²) in [6.45, 7) is 0.507. The highest BCUT2D eigenvalue weighted by Crippen LogP contribution is 2.14. The van der Waals surface area contributed by atoms with E-state index in [0.29, 0.717) is 24.7 Å². The standard InChI is InChI=1S/C7H9N5O/c8-2-1-6-11-12-7(13-6)5-3-9-10-4-5/h3-4H,1-2,8H2,(H,9,10). The Morgan fingerprint density at radius 1 is 1.46 bits per heavy atom. The Morgan fingerprint density at radius 2 is 2.38 bits per heavy atom. The van der Waals surface area contributed by atoms with E-state index in [2.05, 4.69) is 20.4 Å². The molecule has 0 saturated heterocycles. The van der Waals surface area contributed by atoms with Gasteiger partial charge in [-0.1, -0.05) is 0 Å². The van der Waals surface area contributed by atoms with Crippen LogP contribution in [0, 0.1) is 0 Å². The van der Waals surface area contributed by atoms with Crippen molar-refractivity contribution in [3.63, 3.8) is 0 Å². The Labute approximate surface area is 74.2 Å². The Balaban J connectivity index is 2.23. The molecule has 2 aromatic rings. The lowest BCUT2D eigenvalue weighted by Crippen LogP contribution is -2.02. The van der Waals surface area contributed by atoms with Gasteiger partial charge >= 0.3 is 0 Å². The molecule has 0 fully saturated rings. The van der Waals surface area contributed by atoms with Crippen LogP contribution in [0.1, 0.15) is 5.89 Å². The van der Waals surface area contributed by atoms with Crippen LogP contribution in [0.4, 0.5) is 0 Å². The second-order valence-corrected chi connectivity index (χ2v) is 2.53. The van der Waals surface area contributed by atoms with Crippen molar-refractivity contribution in [2.45, 2.75) is 6.42 Å². The van der Waals surface area contributed by atoms with Crippen LogP contribution in [0.2, 0.25) is 0 Å². The quantitative estimate of drug-likeness (QED) is 0.689. The van der Waals surface area contributed by atoms with E-state index in [4.69, 9.17) is 10.2 Å². The van der Waals surface area contributed by atoms with Gasteiger partial charge in [0.05, 0.1) is 11.8 Å². The lowest BCUT2D eigenvalue weighted by atomic mass is 10.4. The van der Waals surface area contributed by atoms with Gasteiger partial charge in [0, 0.05) is 19.2 Å². The summed E-state index contributed by atoms with van der Waals surface area (Å²) in [6, 6.07) is 0. The molecule has 2 aromatic heterocycles. The summed E-state index contributed by atoms with van der Waals surface area (Å²) in [4.78, 5) is 0. The van der Waals surface area contributed by atoms with Crippen molar-refractivity contribution in [2.75, 3.05) is 6.54 Å². The van der Waals surface area contributed by atoms with E-state index < -0.39 is 0 Å². The fraction of sp³-hybridized carbons (Fsp3) is 0.286. The van der Waals surface area contributed by atoms with Gasteiger partial charge in [-0.05, 0) is 0 Å². The highest BCUT2D eigenvalue weighted by atomic mass is 16.4. The van der Waals surface area contributed by atoms with Crippen molar-refractivity contribution < 1.29 is 4.42 Å². The molecule has 0 atom stereocenters. The third-order valence-electron chi connectivity index (χ3n) is 1.57. The first-order valence-corrected chi connectivity index (χ1v) is 3.92. The maximum absolute atomic E-state index is 5.34. The Hall–Kier alpha value is -1.69. The number of aromatic amines is 1. The topological polar surface area (TPSA) is 93.6 Å². The van der Waals surface area contributed by atoms with Gasteiger partial charge in [-0.15, -0.1) is 10.2 Å². The summed E-state index contributed by atoms with van der Waals surface area (Å²) in [5.74, 6) is 1.02. The highest BCUT2D eigenvalue weighted by Gasteiger charge is 2.07. The van der Waals surface area contributed by atoms with Crippen LogP contribution in [0.3, 0.4) is 0 Å². The Kier molecular flexibility index (Phi) is 2.05. The van der Waals surface area contributed by atoms with Crippen LogP contribution in [0.15, 0.2) is 16.8 Å². The average Bonchev–Trinajstić information content (AvgIpc) is 2.70. The molecule has 0 saturated carbocycles. The molecule has 0 aromatic carbocycles. The van der Waals surface area contributed by atoms with Crippen molar-refractivity contribution in [2.24, 2.45) is 5.73 Å². The maximum Gasteiger partial charge on any atom is 0.250 e. The summed E-state index contributed by atoms with van der Waals surface area (Å²) in [5.41, 5.74) is 6.13. The first kappa shape index (κ1) is 7.93. The van der Waals surface area contributed by atoms with E-state index in [9.17, 15) is 0 Å². The van der Waals surface area contributed by atoms with E-state index in [-0.39, 0.29) is 0 Å². The van der Waals surface area contributed by atoms with E-state index in [1.807, 2.05) is 0 Å². The number of aromatic nitrogens is 4. The number of hydrogen-bond acceptors (Lipinski definition) is 5. The number of H-pyrrole nitrogens is 1. The first-order valence-electron chi connectivity index (χ1n) is 3.92. The maximum atomic E-state index is 5.34. The van der Waals surface area contributed by atoms with E-state index >= 15 is 0 Å². The van der Waals surface area contributed by atoms with Crippen molar-refractivity contribution in [1.29, 1.82) is 0 Å². The van der Waals surface area contributed by atoms with Gasteiger partial charge in [0.1, 0.15) is 0 Å². The largest absolute Gasteiger partial charge is 0.421 e. The van der Waals surface area contributed by atoms with Crippen LogP contribution in [0.25, 0.3) is 11.5 Å². The van der Waals surface area contributed by atoms with E-state index in [0.717, 1.165) is 5.56 Å². The Bertz CT molecular complexity index is 366. The number of nitrogens with zero attached hydrogens (tertiary/aromatic N) is 3. The predicted octanol–water partition coefficient (Wildman–Crippen LogP) is -0.0391. The number of nitrogens with two attached hydrogens (primary N) is 1. The summed E-state index contributed by atoms with van der Waals surface area (Å²) in [6.07, 6.45) is 3.92. The summed E-state index contributed by atoms with van der Waals surface area (Å²) in [7, 11) is 0. The SMILES string of the molecule is NCCc1nnc(-c2cn[nH]c2)o1. The third kappa shape index (κ3) is 1.57. The minimum absolute atomic E-state index is 0.470. The molecule has 68 valence electrons. The highest BCUT2D eigenvalue weighted by molar-refractivity contribution is 5.48. The van der Waals surface area contributed by atoms with Crippen molar-refractivity contribution in [3.8, 4) is 11.5 Å². The Morgan fingerprint density at radius 3 is 3.08 bits per heavy atom. The molecule has 2 rings (SSSR count). The van der Waals surface area contributed by atoms with Crippen LogP contribution in [-0.4, -0.2) is 26.9 Å². The molecule has 13 heavy (non-hydrogen) atoms. The van der Waals surface area contributed by atoms with Gasteiger partial charge in [-0.3, -0.25) is 5.10 Å². The molecule has 0 radical (unpaired) electrons. The number of rotatable bonds is 3. The first-order chi connectivity index (χ1) is 6.40. The molecule has 6 heteroatoms. The zero-order valence-electron chi connectivity index (χ0n) is 6.90. The van der Waals surface area contributed by atoms with Gasteiger partial charge in [0.25, 0.3) is 5.89 Å². The van der Waals surface area contributed by atoms with E-state index in [1.54, 1.807) is 12.4 Å². The number of nitrogens with one attached hydrogen (secondary N) is 1. The van der Waals surface area contributed by atoms with Gasteiger partial charge in [0.15, 0.2) is 0 Å². The summed E-state index contributed by atoms with van der Waals surface area (Å²) < 4.78 is 5.31. The average molecular weight is 179 g/mol. The minimum Gasteiger partial charge on any atom is -0.421 e. The molecule has 0 unspecified atom stereocenters. The smallest absolute Gasteiger partial charge is 0.250 e. The van der Waals surface area contributed by atoms with Crippen molar-refractivity contribution >= 4 is 0 Å². The minimum atomic E-state index is 0.470. The molecule has 0 aliphatic carbocycles. The van der Waals surface area contributed by atoms with Gasteiger partial charge in [0.2, 0.25) is 5.89 Å². The molecule has 0 bridgehead atoms. The van der Waals surface area contributed by atoms with Crippen LogP contribution >= 0.6 is 0 Å². The fourth-order valence-corrected chi connectivity index (χ4v) is 0.963. The van der Waals surface area contributed by atoms with Crippen molar-refractivity contribution in [1.82, 2.24) is 20.4 Å². The monoisotopic (exact) mass is 179 g/mol.